The van der Waals surface area contributed by atoms with E-state index >= 15 is 0 Å². The summed E-state index contributed by atoms with van der Waals surface area (Å²) in [7, 11) is -2.20. The molecular weight excluding hydrogens is 527 g/mol. The topological polar surface area (TPSA) is 99.7 Å². The summed E-state index contributed by atoms with van der Waals surface area (Å²) in [6.45, 7) is 0.311. The lowest BCUT2D eigenvalue weighted by molar-refractivity contribution is -0.114. The van der Waals surface area contributed by atoms with Crippen LogP contribution in [0.25, 0.3) is 0 Å². The van der Waals surface area contributed by atoms with Gasteiger partial charge in [-0.05, 0) is 60.5 Å². The number of carbonyl (C=O) groups is 2. The molecule has 1 aliphatic heterocycles. The molecule has 0 radical (unpaired) electrons. The molecule has 12 heteroatoms. The first-order chi connectivity index (χ1) is 17.1. The van der Waals surface area contributed by atoms with Gasteiger partial charge in [0.2, 0.25) is 10.0 Å². The first kappa shape index (κ1) is 25.8. The minimum atomic E-state index is -3.81. The Morgan fingerprint density at radius 2 is 1.97 bits per heavy atom. The van der Waals surface area contributed by atoms with Gasteiger partial charge in [0.1, 0.15) is 11.5 Å². The molecule has 4 rings (SSSR count). The van der Waals surface area contributed by atoms with Crippen molar-refractivity contribution in [1.82, 2.24) is 14.6 Å². The van der Waals surface area contributed by atoms with Gasteiger partial charge in [-0.25, -0.2) is 12.8 Å². The number of sulfonamides is 1. The first-order valence-electron chi connectivity index (χ1n) is 10.8. The van der Waals surface area contributed by atoms with Gasteiger partial charge in [0.15, 0.2) is 0 Å². The van der Waals surface area contributed by atoms with Crippen molar-refractivity contribution in [3.63, 3.8) is 0 Å². The summed E-state index contributed by atoms with van der Waals surface area (Å²) < 4.78 is 42.7. The van der Waals surface area contributed by atoms with E-state index in [1.165, 1.54) is 34.4 Å². The predicted molar refractivity (Wildman–Crippen MR) is 137 cm³/mol. The molecule has 188 valence electrons. The lowest BCUT2D eigenvalue weighted by atomic mass is 10.1. The van der Waals surface area contributed by atoms with E-state index in [4.69, 9.17) is 11.6 Å². The summed E-state index contributed by atoms with van der Waals surface area (Å²) in [6, 6.07) is 10.8. The fourth-order valence-corrected chi connectivity index (χ4v) is 5.96. The zero-order valence-electron chi connectivity index (χ0n) is 19.1. The van der Waals surface area contributed by atoms with Crippen molar-refractivity contribution in [3.05, 3.63) is 92.8 Å². The molecule has 0 bridgehead atoms. The Morgan fingerprint density at radius 3 is 2.64 bits per heavy atom. The van der Waals surface area contributed by atoms with Gasteiger partial charge in [0, 0.05) is 43.0 Å². The van der Waals surface area contributed by atoms with Gasteiger partial charge in [-0.15, -0.1) is 11.3 Å². The van der Waals surface area contributed by atoms with Crippen LogP contribution in [0.1, 0.15) is 20.8 Å². The van der Waals surface area contributed by atoms with Crippen LogP contribution in [0.3, 0.4) is 0 Å². The number of hydrogen-bond acceptors (Lipinski definition) is 6. The van der Waals surface area contributed by atoms with Crippen LogP contribution in [-0.4, -0.2) is 49.5 Å². The average molecular weight is 549 g/mol. The maximum Gasteiger partial charge on any atom is 0.275 e. The Kier molecular flexibility index (Phi) is 7.72. The number of hydrogen-bond donors (Lipinski definition) is 1. The second-order valence-corrected chi connectivity index (χ2v) is 11.7. The highest BCUT2D eigenvalue weighted by Gasteiger charge is 2.30. The second-order valence-electron chi connectivity index (χ2n) is 8.09. The van der Waals surface area contributed by atoms with E-state index in [9.17, 15) is 22.4 Å². The van der Waals surface area contributed by atoms with E-state index in [1.54, 1.807) is 43.7 Å². The molecule has 1 N–H and O–H groups in total. The van der Waals surface area contributed by atoms with Gasteiger partial charge >= 0.3 is 0 Å². The van der Waals surface area contributed by atoms with Gasteiger partial charge in [0.25, 0.3) is 11.8 Å². The van der Waals surface area contributed by atoms with E-state index in [2.05, 4.69) is 9.71 Å². The maximum absolute atomic E-state index is 15.0. The SMILES string of the molecule is CN(Cc1ccncc1)C(=O)c1ccc(N2CC=C(NS(=O)(=O)CCc3ccc(Cl)s3)C2=O)c(F)c1. The number of benzene rings is 1. The number of nitrogens with one attached hydrogen (secondary N) is 1. The van der Waals surface area contributed by atoms with E-state index in [0.717, 1.165) is 21.4 Å². The molecule has 3 aromatic rings. The number of pyridine rings is 1. The van der Waals surface area contributed by atoms with Crippen molar-refractivity contribution in [2.75, 3.05) is 24.2 Å². The third-order valence-electron chi connectivity index (χ3n) is 5.47. The smallest absolute Gasteiger partial charge is 0.275 e. The number of thiophene rings is 1. The molecule has 8 nitrogen and oxygen atoms in total. The standard InChI is InChI=1S/C24H22ClFN4O4S2/c1-29(15-16-6-10-27-11-7-16)23(31)17-2-4-21(19(26)14-17)30-12-8-20(24(30)32)28-36(33,34)13-9-18-3-5-22(25)35-18/h2-8,10-11,14,28H,9,12-13,15H2,1H3. The van der Waals surface area contributed by atoms with Crippen LogP contribution in [0, 0.1) is 5.82 Å². The van der Waals surface area contributed by atoms with E-state index in [1.807, 2.05) is 0 Å². The van der Waals surface area contributed by atoms with Crippen LogP contribution < -0.4 is 9.62 Å². The van der Waals surface area contributed by atoms with Crippen molar-refractivity contribution in [2.45, 2.75) is 13.0 Å². The van der Waals surface area contributed by atoms with Crippen LogP contribution in [0.5, 0.6) is 0 Å². The van der Waals surface area contributed by atoms with Gasteiger partial charge in [-0.3, -0.25) is 19.3 Å². The van der Waals surface area contributed by atoms with Crippen molar-refractivity contribution < 1.29 is 22.4 Å². The molecule has 0 aliphatic carbocycles. The fraction of sp³-hybridized carbons (Fsp3) is 0.208. The number of aromatic nitrogens is 1. The highest BCUT2D eigenvalue weighted by Crippen LogP contribution is 2.26. The molecule has 0 spiro atoms. The van der Waals surface area contributed by atoms with E-state index in [0.29, 0.717) is 10.9 Å². The summed E-state index contributed by atoms with van der Waals surface area (Å²) in [6.07, 6.45) is 4.88. The summed E-state index contributed by atoms with van der Waals surface area (Å²) in [5.41, 5.74) is 0.811. The Hall–Kier alpha value is -3.28. The number of carbonyl (C=O) groups excluding carboxylic acids is 2. The van der Waals surface area contributed by atoms with Crippen LogP contribution in [0.4, 0.5) is 10.1 Å². The molecule has 0 fully saturated rings. The van der Waals surface area contributed by atoms with Crippen molar-refractivity contribution >= 4 is 50.5 Å². The lowest BCUT2D eigenvalue weighted by Gasteiger charge is -2.20. The number of anilines is 1. The number of halogens is 2. The van der Waals surface area contributed by atoms with Crippen LogP contribution in [0.2, 0.25) is 4.34 Å². The number of amides is 2. The Morgan fingerprint density at radius 1 is 1.22 bits per heavy atom. The molecule has 3 heterocycles. The minimum Gasteiger partial charge on any atom is -0.337 e. The lowest BCUT2D eigenvalue weighted by Crippen LogP contribution is -2.35. The highest BCUT2D eigenvalue weighted by molar-refractivity contribution is 7.89. The molecule has 36 heavy (non-hydrogen) atoms. The normalized spacial score (nSPS) is 13.6. The van der Waals surface area contributed by atoms with Gasteiger partial charge < -0.3 is 9.80 Å². The molecule has 0 unspecified atom stereocenters. The van der Waals surface area contributed by atoms with Crippen molar-refractivity contribution in [2.24, 2.45) is 0 Å². The summed E-state index contributed by atoms with van der Waals surface area (Å²) in [4.78, 5) is 32.9. The molecule has 1 aromatic carbocycles. The molecule has 2 aromatic heterocycles. The number of rotatable bonds is 9. The molecule has 0 saturated heterocycles. The Labute approximate surface area is 217 Å². The Balaban J connectivity index is 1.39. The summed E-state index contributed by atoms with van der Waals surface area (Å²) in [5, 5.41) is 0. The van der Waals surface area contributed by atoms with E-state index < -0.39 is 21.7 Å². The minimum absolute atomic E-state index is 0.0105. The molecular formula is C24H22ClFN4O4S2. The highest BCUT2D eigenvalue weighted by atomic mass is 35.5. The van der Waals surface area contributed by atoms with Gasteiger partial charge in [0.05, 0.1) is 15.8 Å². The van der Waals surface area contributed by atoms with E-state index in [-0.39, 0.29) is 41.6 Å². The van der Waals surface area contributed by atoms with Gasteiger partial charge in [-0.1, -0.05) is 11.6 Å². The van der Waals surface area contributed by atoms with Crippen LogP contribution in [-0.2, 0) is 27.8 Å². The van der Waals surface area contributed by atoms with Crippen LogP contribution in [0.15, 0.2) is 66.6 Å². The Bertz CT molecular complexity index is 1430. The third kappa shape index (κ3) is 6.10. The molecule has 0 atom stereocenters. The quantitative estimate of drug-likeness (QED) is 0.440. The zero-order valence-corrected chi connectivity index (χ0v) is 21.5. The zero-order chi connectivity index (χ0) is 25.9. The number of aryl methyl sites for hydroxylation is 1. The average Bonchev–Trinajstić information content (AvgIpc) is 3.43. The third-order valence-corrected chi connectivity index (χ3v) is 8.03. The first-order valence-corrected chi connectivity index (χ1v) is 13.7. The maximum atomic E-state index is 15.0. The summed E-state index contributed by atoms with van der Waals surface area (Å²) >= 11 is 7.16. The largest absolute Gasteiger partial charge is 0.337 e. The molecule has 0 saturated carbocycles. The molecule has 1 aliphatic rings. The van der Waals surface area contributed by atoms with Crippen molar-refractivity contribution in [1.29, 1.82) is 0 Å². The van der Waals surface area contributed by atoms with Gasteiger partial charge in [-0.2, -0.15) is 0 Å². The second kappa shape index (κ2) is 10.8. The fourth-order valence-electron chi connectivity index (χ4n) is 3.64. The predicted octanol–water partition coefficient (Wildman–Crippen LogP) is 3.60. The van der Waals surface area contributed by atoms with Crippen LogP contribution >= 0.6 is 22.9 Å². The summed E-state index contributed by atoms with van der Waals surface area (Å²) in [5.74, 6) is -2.06. The molecule has 2 amide bonds. The monoisotopic (exact) mass is 548 g/mol. The number of nitrogens with zero attached hydrogens (tertiary/aromatic N) is 3. The van der Waals surface area contributed by atoms with Crippen molar-refractivity contribution in [3.8, 4) is 0 Å².